The van der Waals surface area contributed by atoms with E-state index in [0.717, 1.165) is 40.7 Å². The number of nitrogens with one attached hydrogen (secondary N) is 2. The normalized spacial score (nSPS) is 19.2. The summed E-state index contributed by atoms with van der Waals surface area (Å²) in [4.78, 5) is 16.4. The van der Waals surface area contributed by atoms with E-state index >= 15 is 0 Å². The van der Waals surface area contributed by atoms with E-state index in [1.54, 1.807) is 6.20 Å². The van der Waals surface area contributed by atoms with Gasteiger partial charge in [-0.15, -0.1) is 0 Å². The molecule has 144 valence electrons. The van der Waals surface area contributed by atoms with Crippen LogP contribution in [0.2, 0.25) is 0 Å². The molecule has 2 N–H and O–H groups in total. The monoisotopic (exact) mass is 377 g/mol. The van der Waals surface area contributed by atoms with Crippen LogP contribution in [-0.2, 0) is 4.74 Å². The van der Waals surface area contributed by atoms with Crippen molar-refractivity contribution in [1.29, 1.82) is 0 Å². The average molecular weight is 377 g/mol. The number of piperidine rings is 1. The maximum atomic E-state index is 12.2. The van der Waals surface area contributed by atoms with Crippen LogP contribution in [0.4, 0.5) is 10.5 Å². The summed E-state index contributed by atoms with van der Waals surface area (Å²) >= 11 is 0. The zero-order valence-corrected chi connectivity index (χ0v) is 15.7. The number of para-hydroxylation sites is 1. The van der Waals surface area contributed by atoms with Crippen molar-refractivity contribution in [3.05, 3.63) is 66.5 Å². The van der Waals surface area contributed by atoms with Gasteiger partial charge in [0, 0.05) is 36.4 Å². The molecule has 0 aliphatic carbocycles. The molecular weight excluding hydrogens is 354 g/mol. The molecule has 4 rings (SSSR count). The minimum atomic E-state index is -0.467. The molecular formula is C22H23N3O3. The van der Waals surface area contributed by atoms with Crippen molar-refractivity contribution in [2.24, 2.45) is 0 Å². The van der Waals surface area contributed by atoms with Crippen LogP contribution in [0.1, 0.15) is 18.4 Å². The van der Waals surface area contributed by atoms with Crippen molar-refractivity contribution in [2.75, 3.05) is 11.9 Å². The first-order valence-corrected chi connectivity index (χ1v) is 9.44. The molecule has 1 fully saturated rings. The number of anilines is 1. The lowest BCUT2D eigenvalue weighted by Crippen LogP contribution is -2.45. The third-order valence-corrected chi connectivity index (χ3v) is 4.86. The molecule has 0 unspecified atom stereocenters. The number of carbonyl (C=O) groups excluding carboxylic acids is 1. The molecule has 0 bridgehead atoms. The van der Waals surface area contributed by atoms with Crippen molar-refractivity contribution in [2.45, 2.75) is 32.1 Å². The molecule has 2 heterocycles. The Morgan fingerprint density at radius 3 is 2.96 bits per heavy atom. The van der Waals surface area contributed by atoms with Crippen LogP contribution in [0.5, 0.6) is 5.75 Å². The van der Waals surface area contributed by atoms with Crippen LogP contribution in [0.3, 0.4) is 0 Å². The van der Waals surface area contributed by atoms with Gasteiger partial charge in [0.1, 0.15) is 11.9 Å². The summed E-state index contributed by atoms with van der Waals surface area (Å²) in [6.07, 6.45) is 4.19. The third kappa shape index (κ3) is 4.40. The van der Waals surface area contributed by atoms with Crippen LogP contribution < -0.4 is 15.4 Å². The van der Waals surface area contributed by atoms with Crippen molar-refractivity contribution in [1.82, 2.24) is 10.3 Å². The summed E-state index contributed by atoms with van der Waals surface area (Å²) in [5.74, 6) is 0.814. The SMILES string of the molecule is Cc1ccccc1NC(=O)O[C@@H]1C[C@H](Oc2ccc3cnccc3c2)CCN1. The highest BCUT2D eigenvalue weighted by molar-refractivity contribution is 5.85. The average Bonchev–Trinajstić information content (AvgIpc) is 2.70. The molecule has 0 saturated carbocycles. The summed E-state index contributed by atoms with van der Waals surface area (Å²) in [6.45, 7) is 2.67. The molecule has 1 aliphatic heterocycles. The number of hydrogen-bond acceptors (Lipinski definition) is 5. The van der Waals surface area contributed by atoms with Gasteiger partial charge >= 0.3 is 6.09 Å². The number of benzene rings is 2. The molecule has 1 aliphatic rings. The summed E-state index contributed by atoms with van der Waals surface area (Å²) < 4.78 is 11.7. The van der Waals surface area contributed by atoms with Crippen LogP contribution in [0.25, 0.3) is 10.8 Å². The van der Waals surface area contributed by atoms with E-state index in [4.69, 9.17) is 9.47 Å². The molecule has 2 aromatic carbocycles. The second-order valence-electron chi connectivity index (χ2n) is 6.94. The summed E-state index contributed by atoms with van der Waals surface area (Å²) in [6, 6.07) is 15.5. The Hall–Kier alpha value is -3.12. The molecule has 2 atom stereocenters. The van der Waals surface area contributed by atoms with E-state index in [0.29, 0.717) is 6.42 Å². The largest absolute Gasteiger partial charge is 0.490 e. The molecule has 6 heteroatoms. The summed E-state index contributed by atoms with van der Waals surface area (Å²) in [5.41, 5.74) is 1.74. The van der Waals surface area contributed by atoms with Gasteiger partial charge in [0.05, 0.1) is 0 Å². The van der Waals surface area contributed by atoms with Crippen LogP contribution in [0, 0.1) is 6.92 Å². The van der Waals surface area contributed by atoms with Gasteiger partial charge in [0.15, 0.2) is 6.23 Å². The fourth-order valence-electron chi connectivity index (χ4n) is 3.35. The minimum Gasteiger partial charge on any atom is -0.490 e. The topological polar surface area (TPSA) is 72.5 Å². The number of pyridine rings is 1. The number of amides is 1. The Kier molecular flexibility index (Phi) is 5.39. The molecule has 1 aromatic heterocycles. The summed E-state index contributed by atoms with van der Waals surface area (Å²) in [7, 11) is 0. The molecule has 28 heavy (non-hydrogen) atoms. The molecule has 0 radical (unpaired) electrons. The Balaban J connectivity index is 1.34. The quantitative estimate of drug-likeness (QED) is 0.711. The number of aryl methyl sites for hydroxylation is 1. The fourth-order valence-corrected chi connectivity index (χ4v) is 3.35. The van der Waals surface area contributed by atoms with Gasteiger partial charge in [0.25, 0.3) is 0 Å². The van der Waals surface area contributed by atoms with Crippen molar-refractivity contribution >= 4 is 22.6 Å². The van der Waals surface area contributed by atoms with E-state index in [1.165, 1.54) is 0 Å². The minimum absolute atomic E-state index is 0.0169. The predicted octanol–water partition coefficient (Wildman–Crippen LogP) is 4.25. The van der Waals surface area contributed by atoms with Crippen molar-refractivity contribution < 1.29 is 14.3 Å². The van der Waals surface area contributed by atoms with Crippen molar-refractivity contribution in [3.63, 3.8) is 0 Å². The number of rotatable bonds is 4. The van der Waals surface area contributed by atoms with Crippen molar-refractivity contribution in [3.8, 4) is 5.75 Å². The Morgan fingerprint density at radius 2 is 2.07 bits per heavy atom. The van der Waals surface area contributed by atoms with E-state index in [-0.39, 0.29) is 12.3 Å². The van der Waals surface area contributed by atoms with Gasteiger partial charge in [-0.2, -0.15) is 0 Å². The number of carbonyl (C=O) groups is 1. The zero-order chi connectivity index (χ0) is 19.3. The molecule has 0 spiro atoms. The standard InChI is InChI=1S/C22H23N3O3/c1-15-4-2-3-5-20(15)25-22(26)28-21-13-19(9-11-24-21)27-18-7-6-17-14-23-10-8-16(17)12-18/h2-8,10,12,14,19,21,24H,9,11,13H2,1H3,(H,25,26)/t19-,21-/m1/s1. The maximum Gasteiger partial charge on any atom is 0.413 e. The van der Waals surface area contributed by atoms with Crippen LogP contribution in [-0.4, -0.2) is 30.0 Å². The smallest absolute Gasteiger partial charge is 0.413 e. The van der Waals surface area contributed by atoms with Gasteiger partial charge in [0.2, 0.25) is 0 Å². The van der Waals surface area contributed by atoms with E-state index in [2.05, 4.69) is 15.6 Å². The van der Waals surface area contributed by atoms with E-state index < -0.39 is 6.09 Å². The predicted molar refractivity (Wildman–Crippen MR) is 108 cm³/mol. The highest BCUT2D eigenvalue weighted by Gasteiger charge is 2.26. The Bertz CT molecular complexity index is 976. The van der Waals surface area contributed by atoms with Gasteiger partial charge < -0.3 is 9.47 Å². The number of ether oxygens (including phenoxy) is 2. The Labute approximate surface area is 163 Å². The molecule has 1 amide bonds. The first-order valence-electron chi connectivity index (χ1n) is 9.44. The lowest BCUT2D eigenvalue weighted by atomic mass is 10.1. The zero-order valence-electron chi connectivity index (χ0n) is 15.7. The number of fused-ring (bicyclic) bond motifs is 1. The second kappa shape index (κ2) is 8.27. The molecule has 6 nitrogen and oxygen atoms in total. The first kappa shape index (κ1) is 18.3. The van der Waals surface area contributed by atoms with Gasteiger partial charge in [-0.25, -0.2) is 4.79 Å². The lowest BCUT2D eigenvalue weighted by molar-refractivity contribution is 0.0265. The number of nitrogens with zero attached hydrogens (tertiary/aromatic N) is 1. The van der Waals surface area contributed by atoms with Crippen LogP contribution >= 0.6 is 0 Å². The van der Waals surface area contributed by atoms with Gasteiger partial charge in [-0.3, -0.25) is 15.6 Å². The second-order valence-corrected chi connectivity index (χ2v) is 6.94. The lowest BCUT2D eigenvalue weighted by Gasteiger charge is -2.30. The highest BCUT2D eigenvalue weighted by atomic mass is 16.6. The summed E-state index contributed by atoms with van der Waals surface area (Å²) in [5, 5.41) is 8.19. The van der Waals surface area contributed by atoms with Gasteiger partial charge in [-0.1, -0.05) is 18.2 Å². The third-order valence-electron chi connectivity index (χ3n) is 4.86. The maximum absolute atomic E-state index is 12.2. The first-order chi connectivity index (χ1) is 13.7. The van der Waals surface area contributed by atoms with Gasteiger partial charge in [-0.05, 0) is 54.6 Å². The molecule has 1 saturated heterocycles. The molecule has 3 aromatic rings. The van der Waals surface area contributed by atoms with E-state index in [9.17, 15) is 4.79 Å². The number of hydrogen-bond donors (Lipinski definition) is 2. The van der Waals surface area contributed by atoms with E-state index in [1.807, 2.05) is 61.7 Å². The Morgan fingerprint density at radius 1 is 1.18 bits per heavy atom. The fraction of sp³-hybridized carbons (Fsp3) is 0.273. The van der Waals surface area contributed by atoms with Crippen LogP contribution in [0.15, 0.2) is 60.9 Å². The number of aromatic nitrogens is 1. The highest BCUT2D eigenvalue weighted by Crippen LogP contribution is 2.24.